The highest BCUT2D eigenvalue weighted by atomic mass is 32.2. The summed E-state index contributed by atoms with van der Waals surface area (Å²) in [6.07, 6.45) is 3.25. The molecule has 0 heterocycles. The van der Waals surface area contributed by atoms with Gasteiger partial charge in [-0.15, -0.1) is 0 Å². The highest BCUT2D eigenvalue weighted by molar-refractivity contribution is 7.98. The van der Waals surface area contributed by atoms with Crippen molar-refractivity contribution in [1.82, 2.24) is 0 Å². The van der Waals surface area contributed by atoms with Crippen molar-refractivity contribution >= 4 is 11.8 Å². The Bertz CT molecular complexity index is 258. The van der Waals surface area contributed by atoms with E-state index in [4.69, 9.17) is 5.11 Å². The van der Waals surface area contributed by atoms with Gasteiger partial charge >= 0.3 is 0 Å². The Balaban J connectivity index is 2.39. The van der Waals surface area contributed by atoms with Gasteiger partial charge in [0.2, 0.25) is 0 Å². The van der Waals surface area contributed by atoms with E-state index in [1.807, 2.05) is 18.4 Å². The fourth-order valence-electron chi connectivity index (χ4n) is 1.26. The maximum absolute atomic E-state index is 9.63. The van der Waals surface area contributed by atoms with Gasteiger partial charge in [0.1, 0.15) is 5.75 Å². The average Bonchev–Trinajstić information content (AvgIpc) is 2.18. The lowest BCUT2D eigenvalue weighted by molar-refractivity contribution is 0.172. The predicted octanol–water partition coefficient (Wildman–Crippen LogP) is 2.05. The molecule has 0 saturated carbocycles. The Hall–Kier alpha value is -0.670. The molecule has 0 saturated heterocycles. The molecule has 0 bridgehead atoms. The van der Waals surface area contributed by atoms with E-state index in [0.29, 0.717) is 6.42 Å². The molecule has 1 atom stereocenters. The molecule has 0 aliphatic rings. The van der Waals surface area contributed by atoms with Crippen LogP contribution in [0.3, 0.4) is 0 Å². The minimum Gasteiger partial charge on any atom is -0.508 e. The second kappa shape index (κ2) is 5.94. The first-order valence-electron chi connectivity index (χ1n) is 4.67. The number of aliphatic hydroxyl groups excluding tert-OH is 1. The second-order valence-electron chi connectivity index (χ2n) is 3.31. The Morgan fingerprint density at radius 3 is 2.50 bits per heavy atom. The van der Waals surface area contributed by atoms with E-state index in [9.17, 15) is 5.11 Å². The molecule has 0 aliphatic carbocycles. The van der Waals surface area contributed by atoms with Crippen LogP contribution in [0, 0.1) is 0 Å². The number of aliphatic hydroxyl groups is 1. The summed E-state index contributed by atoms with van der Waals surface area (Å²) in [6.45, 7) is 0. The van der Waals surface area contributed by atoms with Crippen molar-refractivity contribution in [2.24, 2.45) is 0 Å². The number of hydrogen-bond donors (Lipinski definition) is 2. The molecule has 1 unspecified atom stereocenters. The molecular formula is C11H16O2S. The van der Waals surface area contributed by atoms with Crippen LogP contribution in [0.4, 0.5) is 0 Å². The van der Waals surface area contributed by atoms with Crippen LogP contribution in [0.15, 0.2) is 24.3 Å². The lowest BCUT2D eigenvalue weighted by Gasteiger charge is -2.09. The minimum absolute atomic E-state index is 0.271. The lowest BCUT2D eigenvalue weighted by Crippen LogP contribution is -2.11. The van der Waals surface area contributed by atoms with Crippen LogP contribution < -0.4 is 0 Å². The highest BCUT2D eigenvalue weighted by Gasteiger charge is 2.04. The van der Waals surface area contributed by atoms with Crippen molar-refractivity contribution in [2.75, 3.05) is 12.0 Å². The standard InChI is InChI=1S/C11H16O2S/c1-14-7-6-11(13)8-9-2-4-10(12)5-3-9/h2-5,11-13H,6-8H2,1H3. The second-order valence-corrected chi connectivity index (χ2v) is 4.29. The maximum Gasteiger partial charge on any atom is 0.115 e. The summed E-state index contributed by atoms with van der Waals surface area (Å²) >= 11 is 1.74. The molecule has 78 valence electrons. The van der Waals surface area contributed by atoms with E-state index in [-0.39, 0.29) is 11.9 Å². The first-order chi connectivity index (χ1) is 6.72. The third-order valence-electron chi connectivity index (χ3n) is 2.06. The van der Waals surface area contributed by atoms with Crippen LogP contribution in [0.5, 0.6) is 5.75 Å². The fraction of sp³-hybridized carbons (Fsp3) is 0.455. The number of thioether (sulfide) groups is 1. The molecule has 1 aromatic rings. The van der Waals surface area contributed by atoms with E-state index in [0.717, 1.165) is 17.7 Å². The highest BCUT2D eigenvalue weighted by Crippen LogP contribution is 2.12. The molecule has 2 nitrogen and oxygen atoms in total. The zero-order valence-corrected chi connectivity index (χ0v) is 9.13. The van der Waals surface area contributed by atoms with Gasteiger partial charge in [0.05, 0.1) is 6.10 Å². The molecule has 0 aliphatic heterocycles. The summed E-state index contributed by atoms with van der Waals surface area (Å²) < 4.78 is 0. The number of phenolic OH excluding ortho intramolecular Hbond substituents is 1. The average molecular weight is 212 g/mol. The van der Waals surface area contributed by atoms with Crippen molar-refractivity contribution in [1.29, 1.82) is 0 Å². The van der Waals surface area contributed by atoms with Gasteiger partial charge in [0.15, 0.2) is 0 Å². The molecule has 0 radical (unpaired) electrons. The Labute approximate surface area is 89.0 Å². The molecule has 3 heteroatoms. The number of benzene rings is 1. The van der Waals surface area contributed by atoms with Crippen LogP contribution in [0.2, 0.25) is 0 Å². The monoisotopic (exact) mass is 212 g/mol. The third-order valence-corrected chi connectivity index (χ3v) is 2.71. The lowest BCUT2D eigenvalue weighted by atomic mass is 10.1. The maximum atomic E-state index is 9.63. The summed E-state index contributed by atoms with van der Waals surface area (Å²) in [5, 5.41) is 18.7. The largest absolute Gasteiger partial charge is 0.508 e. The minimum atomic E-state index is -0.271. The molecule has 0 spiro atoms. The van der Waals surface area contributed by atoms with E-state index in [2.05, 4.69) is 0 Å². The van der Waals surface area contributed by atoms with Gasteiger partial charge in [-0.3, -0.25) is 0 Å². The van der Waals surface area contributed by atoms with Crippen LogP contribution in [0.1, 0.15) is 12.0 Å². The summed E-state index contributed by atoms with van der Waals surface area (Å²) in [4.78, 5) is 0. The van der Waals surface area contributed by atoms with E-state index in [1.165, 1.54) is 0 Å². The van der Waals surface area contributed by atoms with Gasteiger partial charge < -0.3 is 10.2 Å². The summed E-state index contributed by atoms with van der Waals surface area (Å²) in [5.74, 6) is 1.26. The van der Waals surface area contributed by atoms with E-state index < -0.39 is 0 Å². The van der Waals surface area contributed by atoms with Gasteiger partial charge in [-0.05, 0) is 42.5 Å². The molecule has 1 rings (SSSR count). The first kappa shape index (κ1) is 11.4. The molecule has 0 aromatic heterocycles. The zero-order valence-electron chi connectivity index (χ0n) is 8.31. The summed E-state index contributed by atoms with van der Waals surface area (Å²) in [6, 6.07) is 6.99. The molecule has 14 heavy (non-hydrogen) atoms. The Kier molecular flexibility index (Phi) is 4.84. The van der Waals surface area contributed by atoms with Crippen molar-refractivity contribution in [3.63, 3.8) is 0 Å². The summed E-state index contributed by atoms with van der Waals surface area (Å²) in [7, 11) is 0. The fourth-order valence-corrected chi connectivity index (χ4v) is 1.77. The number of rotatable bonds is 5. The van der Waals surface area contributed by atoms with E-state index >= 15 is 0 Å². The van der Waals surface area contributed by atoms with Crippen LogP contribution in [-0.2, 0) is 6.42 Å². The topological polar surface area (TPSA) is 40.5 Å². The van der Waals surface area contributed by atoms with Crippen LogP contribution in [0.25, 0.3) is 0 Å². The van der Waals surface area contributed by atoms with Gasteiger partial charge in [-0.2, -0.15) is 11.8 Å². The molecule has 1 aromatic carbocycles. The predicted molar refractivity (Wildman–Crippen MR) is 60.8 cm³/mol. The number of hydrogen-bond acceptors (Lipinski definition) is 3. The van der Waals surface area contributed by atoms with Crippen molar-refractivity contribution in [3.8, 4) is 5.75 Å². The molecular weight excluding hydrogens is 196 g/mol. The van der Waals surface area contributed by atoms with Gasteiger partial charge in [0.25, 0.3) is 0 Å². The van der Waals surface area contributed by atoms with Crippen LogP contribution in [-0.4, -0.2) is 28.3 Å². The number of phenols is 1. The Morgan fingerprint density at radius 1 is 1.29 bits per heavy atom. The molecule has 0 amide bonds. The number of aromatic hydroxyl groups is 1. The quantitative estimate of drug-likeness (QED) is 0.784. The first-order valence-corrected chi connectivity index (χ1v) is 6.06. The SMILES string of the molecule is CSCCC(O)Cc1ccc(O)cc1. The van der Waals surface area contributed by atoms with E-state index in [1.54, 1.807) is 23.9 Å². The van der Waals surface area contributed by atoms with Crippen molar-refractivity contribution in [2.45, 2.75) is 18.9 Å². The van der Waals surface area contributed by atoms with Crippen LogP contribution >= 0.6 is 11.8 Å². The summed E-state index contributed by atoms with van der Waals surface area (Å²) in [5.41, 5.74) is 1.07. The van der Waals surface area contributed by atoms with Gasteiger partial charge in [-0.1, -0.05) is 12.1 Å². The molecule has 0 fully saturated rings. The van der Waals surface area contributed by atoms with Crippen molar-refractivity contribution in [3.05, 3.63) is 29.8 Å². The Morgan fingerprint density at radius 2 is 1.93 bits per heavy atom. The molecule has 2 N–H and O–H groups in total. The smallest absolute Gasteiger partial charge is 0.115 e. The van der Waals surface area contributed by atoms with Gasteiger partial charge in [0, 0.05) is 0 Å². The normalized spacial score (nSPS) is 12.7. The third kappa shape index (κ3) is 4.03. The van der Waals surface area contributed by atoms with Gasteiger partial charge in [-0.25, -0.2) is 0 Å². The van der Waals surface area contributed by atoms with Crippen molar-refractivity contribution < 1.29 is 10.2 Å². The zero-order chi connectivity index (χ0) is 10.4.